The third-order valence-electron chi connectivity index (χ3n) is 4.96. The molecule has 3 aromatic rings. The molecule has 0 aliphatic carbocycles. The molecule has 0 spiro atoms. The molecule has 1 saturated heterocycles. The van der Waals surface area contributed by atoms with Crippen LogP contribution in [-0.2, 0) is 0 Å². The first kappa shape index (κ1) is 19.9. The number of likely N-dealkylation sites (tertiary alicyclic amines) is 1. The Bertz CT molecular complexity index is 1030. The summed E-state index contributed by atoms with van der Waals surface area (Å²) in [5.41, 5.74) is 1.67. The number of urea groups is 1. The third-order valence-corrected chi connectivity index (χ3v) is 5.28. The van der Waals surface area contributed by atoms with Gasteiger partial charge in [-0.3, -0.25) is 4.79 Å². The number of nitrogens with zero attached hydrogens (tertiary/aromatic N) is 4. The number of aromatic nitrogens is 3. The summed E-state index contributed by atoms with van der Waals surface area (Å²) in [4.78, 5) is 26.7. The van der Waals surface area contributed by atoms with Gasteiger partial charge in [-0.05, 0) is 37.1 Å². The number of rotatable bonds is 4. The van der Waals surface area contributed by atoms with Crippen LogP contribution in [0.15, 0.2) is 60.8 Å². The maximum absolute atomic E-state index is 12.8. The highest BCUT2D eigenvalue weighted by Crippen LogP contribution is 2.19. The molecule has 30 heavy (non-hydrogen) atoms. The quantitative estimate of drug-likeness (QED) is 0.671. The third kappa shape index (κ3) is 4.60. The molecule has 2 N–H and O–H groups in total. The first-order chi connectivity index (χ1) is 14.6. The summed E-state index contributed by atoms with van der Waals surface area (Å²) < 4.78 is 1.50. The fourth-order valence-corrected chi connectivity index (χ4v) is 3.60. The van der Waals surface area contributed by atoms with Crippen LogP contribution < -0.4 is 10.6 Å². The topological polar surface area (TPSA) is 92.2 Å². The van der Waals surface area contributed by atoms with E-state index in [1.807, 2.05) is 48.5 Å². The fourth-order valence-electron chi connectivity index (χ4n) is 3.38. The van der Waals surface area contributed by atoms with Gasteiger partial charge in [0.25, 0.3) is 5.91 Å². The molecule has 0 saturated carbocycles. The maximum Gasteiger partial charge on any atom is 0.319 e. The van der Waals surface area contributed by atoms with Crippen molar-refractivity contribution in [1.82, 2.24) is 25.2 Å². The van der Waals surface area contributed by atoms with Crippen LogP contribution in [0.2, 0.25) is 5.02 Å². The Morgan fingerprint density at radius 1 is 1.00 bits per heavy atom. The molecule has 1 aliphatic rings. The molecule has 0 unspecified atom stereocenters. The van der Waals surface area contributed by atoms with Gasteiger partial charge in [0.1, 0.15) is 0 Å². The summed E-state index contributed by atoms with van der Waals surface area (Å²) in [6.07, 6.45) is 2.93. The highest BCUT2D eigenvalue weighted by atomic mass is 35.5. The number of hydrogen-bond donors (Lipinski definition) is 2. The largest absolute Gasteiger partial charge is 0.337 e. The second-order valence-electron chi connectivity index (χ2n) is 7.03. The second-order valence-corrected chi connectivity index (χ2v) is 7.44. The van der Waals surface area contributed by atoms with Crippen LogP contribution in [-0.4, -0.2) is 51.0 Å². The van der Waals surface area contributed by atoms with Crippen LogP contribution >= 0.6 is 11.6 Å². The smallest absolute Gasteiger partial charge is 0.319 e. The van der Waals surface area contributed by atoms with E-state index in [1.165, 1.54) is 4.68 Å². The maximum atomic E-state index is 12.8. The SMILES string of the molecule is O=C(Nc1ccccc1)NC1CCN(C(=O)c2cn(-c3ccccc3Cl)nn2)CC1. The molecule has 1 aliphatic heterocycles. The van der Waals surface area contributed by atoms with Gasteiger partial charge in [0.05, 0.1) is 16.9 Å². The van der Waals surface area contributed by atoms with Crippen molar-refractivity contribution in [2.24, 2.45) is 0 Å². The lowest BCUT2D eigenvalue weighted by molar-refractivity contribution is 0.0703. The van der Waals surface area contributed by atoms with Crippen LogP contribution in [0.1, 0.15) is 23.3 Å². The molecule has 1 fully saturated rings. The zero-order valence-electron chi connectivity index (χ0n) is 16.2. The monoisotopic (exact) mass is 424 g/mol. The lowest BCUT2D eigenvalue weighted by Gasteiger charge is -2.31. The van der Waals surface area contributed by atoms with Gasteiger partial charge in [0.2, 0.25) is 0 Å². The van der Waals surface area contributed by atoms with Crippen LogP contribution in [0.5, 0.6) is 0 Å². The van der Waals surface area contributed by atoms with Crippen LogP contribution in [0.3, 0.4) is 0 Å². The van der Waals surface area contributed by atoms with Crippen molar-refractivity contribution in [2.75, 3.05) is 18.4 Å². The van der Waals surface area contributed by atoms with E-state index >= 15 is 0 Å². The van der Waals surface area contributed by atoms with Gasteiger partial charge in [-0.15, -0.1) is 5.10 Å². The fraction of sp³-hybridized carbons (Fsp3) is 0.238. The lowest BCUT2D eigenvalue weighted by atomic mass is 10.0. The van der Waals surface area contributed by atoms with Crippen LogP contribution in [0.4, 0.5) is 10.5 Å². The van der Waals surface area contributed by atoms with Gasteiger partial charge in [0.15, 0.2) is 5.69 Å². The van der Waals surface area contributed by atoms with Gasteiger partial charge in [-0.25, -0.2) is 9.48 Å². The van der Waals surface area contributed by atoms with Crippen molar-refractivity contribution < 1.29 is 9.59 Å². The minimum atomic E-state index is -0.242. The second kappa shape index (κ2) is 8.96. The Labute approximate surface area is 178 Å². The molecule has 1 aromatic heterocycles. The zero-order valence-corrected chi connectivity index (χ0v) is 16.9. The van der Waals surface area contributed by atoms with Crippen molar-refractivity contribution in [3.05, 3.63) is 71.5 Å². The number of piperidine rings is 1. The molecular formula is C21H21ClN6O2. The molecule has 154 valence electrons. The number of anilines is 1. The Balaban J connectivity index is 1.30. The molecule has 0 atom stereocenters. The van der Waals surface area contributed by atoms with E-state index in [9.17, 15) is 9.59 Å². The van der Waals surface area contributed by atoms with E-state index < -0.39 is 0 Å². The number of hydrogen-bond acceptors (Lipinski definition) is 4. The average Bonchev–Trinajstić information content (AvgIpc) is 3.25. The summed E-state index contributed by atoms with van der Waals surface area (Å²) in [5, 5.41) is 14.3. The molecule has 2 aromatic carbocycles. The number of carbonyl (C=O) groups is 2. The van der Waals surface area contributed by atoms with Gasteiger partial charge in [0, 0.05) is 24.8 Å². The standard InChI is InChI=1S/C21H21ClN6O2/c22-17-8-4-5-9-19(17)28-14-18(25-26-28)20(29)27-12-10-16(11-13-27)24-21(30)23-15-6-2-1-3-7-15/h1-9,14,16H,10-13H2,(H2,23,24,30). The van der Waals surface area contributed by atoms with E-state index in [2.05, 4.69) is 20.9 Å². The molecule has 3 amide bonds. The minimum Gasteiger partial charge on any atom is -0.337 e. The number of amides is 3. The zero-order chi connectivity index (χ0) is 20.9. The summed E-state index contributed by atoms with van der Waals surface area (Å²) in [6.45, 7) is 1.07. The molecule has 0 radical (unpaired) electrons. The molecule has 4 rings (SSSR count). The predicted octanol–water partition coefficient (Wildman–Crippen LogP) is 3.35. The molecule has 9 heteroatoms. The van der Waals surface area contributed by atoms with Crippen LogP contribution in [0, 0.1) is 0 Å². The molecule has 8 nitrogen and oxygen atoms in total. The van der Waals surface area contributed by atoms with Crippen molar-refractivity contribution in [1.29, 1.82) is 0 Å². The highest BCUT2D eigenvalue weighted by Gasteiger charge is 2.26. The number of carbonyl (C=O) groups excluding carboxylic acids is 2. The van der Waals surface area contributed by atoms with Gasteiger partial charge in [-0.2, -0.15) is 0 Å². The van der Waals surface area contributed by atoms with Crippen molar-refractivity contribution in [2.45, 2.75) is 18.9 Å². The van der Waals surface area contributed by atoms with Gasteiger partial charge in [-0.1, -0.05) is 47.1 Å². The van der Waals surface area contributed by atoms with E-state index in [0.29, 0.717) is 36.6 Å². The Kier molecular flexibility index (Phi) is 5.94. The summed E-state index contributed by atoms with van der Waals surface area (Å²) in [7, 11) is 0. The Morgan fingerprint density at radius 2 is 1.70 bits per heavy atom. The first-order valence-corrected chi connectivity index (χ1v) is 10.1. The molecular weight excluding hydrogens is 404 g/mol. The Morgan fingerprint density at radius 3 is 2.43 bits per heavy atom. The van der Waals surface area contributed by atoms with Gasteiger partial charge < -0.3 is 15.5 Å². The normalized spacial score (nSPS) is 14.4. The summed E-state index contributed by atoms with van der Waals surface area (Å²) in [6, 6.07) is 16.3. The van der Waals surface area contributed by atoms with Crippen molar-refractivity contribution in [3.8, 4) is 5.69 Å². The van der Waals surface area contributed by atoms with Crippen LogP contribution in [0.25, 0.3) is 5.69 Å². The molecule has 2 heterocycles. The minimum absolute atomic E-state index is 0.0107. The van der Waals surface area contributed by atoms with E-state index in [-0.39, 0.29) is 23.7 Å². The molecule has 0 bridgehead atoms. The summed E-state index contributed by atoms with van der Waals surface area (Å²) in [5.74, 6) is -0.180. The van der Waals surface area contributed by atoms with Crippen molar-refractivity contribution in [3.63, 3.8) is 0 Å². The highest BCUT2D eigenvalue weighted by molar-refractivity contribution is 6.32. The van der Waals surface area contributed by atoms with Gasteiger partial charge >= 0.3 is 6.03 Å². The summed E-state index contributed by atoms with van der Waals surface area (Å²) >= 11 is 6.18. The number of para-hydroxylation sites is 2. The lowest BCUT2D eigenvalue weighted by Crippen LogP contribution is -2.47. The number of nitrogens with one attached hydrogen (secondary N) is 2. The van der Waals surface area contributed by atoms with E-state index in [4.69, 9.17) is 11.6 Å². The van der Waals surface area contributed by atoms with E-state index in [0.717, 1.165) is 5.69 Å². The number of halogens is 1. The predicted molar refractivity (Wildman–Crippen MR) is 114 cm³/mol. The first-order valence-electron chi connectivity index (χ1n) is 9.69. The Hall–Kier alpha value is -3.39. The average molecular weight is 425 g/mol. The number of benzene rings is 2. The van der Waals surface area contributed by atoms with E-state index in [1.54, 1.807) is 17.2 Å². The van der Waals surface area contributed by atoms with Crippen molar-refractivity contribution >= 4 is 29.2 Å².